The van der Waals surface area contributed by atoms with Crippen LogP contribution in [0.1, 0.15) is 17.2 Å². The molecule has 7 nitrogen and oxygen atoms in total. The van der Waals surface area contributed by atoms with Crippen molar-refractivity contribution in [2.24, 2.45) is 0 Å². The molecular weight excluding hydrogens is 320 g/mol. The Morgan fingerprint density at radius 2 is 2.04 bits per heavy atom. The maximum absolute atomic E-state index is 5.94. The van der Waals surface area contributed by atoms with Gasteiger partial charge < -0.3 is 14.2 Å². The quantitative estimate of drug-likeness (QED) is 0.839. The summed E-state index contributed by atoms with van der Waals surface area (Å²) in [6.45, 7) is 9.19. The van der Waals surface area contributed by atoms with Crippen molar-refractivity contribution in [2.45, 2.75) is 33.0 Å². The van der Waals surface area contributed by atoms with Gasteiger partial charge in [-0.2, -0.15) is 5.10 Å². The van der Waals surface area contributed by atoms with Crippen molar-refractivity contribution in [3.63, 3.8) is 0 Å². The lowest BCUT2D eigenvalue weighted by Gasteiger charge is -2.33. The van der Waals surface area contributed by atoms with Crippen LogP contribution >= 0.6 is 0 Å². The molecule has 3 heterocycles. The number of nitrogens with zero attached hydrogens (tertiary/aromatic N) is 4. The van der Waals surface area contributed by atoms with Gasteiger partial charge in [0.05, 0.1) is 19.3 Å². The van der Waals surface area contributed by atoms with Crippen molar-refractivity contribution in [3.8, 4) is 11.5 Å². The van der Waals surface area contributed by atoms with E-state index in [-0.39, 0.29) is 6.10 Å². The Balaban J connectivity index is 1.43. The molecule has 1 aromatic heterocycles. The SMILES string of the molecule is Cc1nc(C)n(C[C@H]2CN(Cc3cccc4c3OCCO4)CCO2)n1. The molecule has 1 saturated heterocycles. The molecule has 2 aliphatic heterocycles. The lowest BCUT2D eigenvalue weighted by Crippen LogP contribution is -2.44. The van der Waals surface area contributed by atoms with Crippen molar-refractivity contribution in [1.29, 1.82) is 0 Å². The van der Waals surface area contributed by atoms with Gasteiger partial charge in [0.15, 0.2) is 11.5 Å². The fourth-order valence-corrected chi connectivity index (χ4v) is 3.46. The first-order valence-electron chi connectivity index (χ1n) is 8.78. The molecule has 2 aliphatic rings. The van der Waals surface area contributed by atoms with Crippen LogP contribution in [0.3, 0.4) is 0 Å². The minimum absolute atomic E-state index is 0.116. The number of fused-ring (bicyclic) bond motifs is 1. The monoisotopic (exact) mass is 344 g/mol. The minimum Gasteiger partial charge on any atom is -0.486 e. The lowest BCUT2D eigenvalue weighted by molar-refractivity contribution is -0.0408. The van der Waals surface area contributed by atoms with E-state index in [9.17, 15) is 0 Å². The molecule has 1 fully saturated rings. The number of hydrogen-bond donors (Lipinski definition) is 0. The molecule has 134 valence electrons. The summed E-state index contributed by atoms with van der Waals surface area (Å²) in [5.74, 6) is 3.47. The maximum atomic E-state index is 5.94. The molecular formula is C18H24N4O3. The van der Waals surface area contributed by atoms with Crippen molar-refractivity contribution in [2.75, 3.05) is 32.9 Å². The summed E-state index contributed by atoms with van der Waals surface area (Å²) in [6.07, 6.45) is 0.116. The van der Waals surface area contributed by atoms with Crippen LogP contribution in [0.5, 0.6) is 11.5 Å². The summed E-state index contributed by atoms with van der Waals surface area (Å²) in [7, 11) is 0. The minimum atomic E-state index is 0.116. The van der Waals surface area contributed by atoms with Gasteiger partial charge in [-0.1, -0.05) is 12.1 Å². The van der Waals surface area contributed by atoms with Crippen LogP contribution in [-0.4, -0.2) is 58.7 Å². The van der Waals surface area contributed by atoms with Gasteiger partial charge in [-0.3, -0.25) is 4.90 Å². The number of rotatable bonds is 4. The second kappa shape index (κ2) is 7.01. The molecule has 1 atom stereocenters. The molecule has 1 aromatic carbocycles. The van der Waals surface area contributed by atoms with Gasteiger partial charge in [0.2, 0.25) is 0 Å². The largest absolute Gasteiger partial charge is 0.486 e. The Labute approximate surface area is 147 Å². The maximum Gasteiger partial charge on any atom is 0.165 e. The van der Waals surface area contributed by atoms with Crippen LogP contribution in [0.15, 0.2) is 18.2 Å². The molecule has 0 saturated carbocycles. The summed E-state index contributed by atoms with van der Waals surface area (Å²) < 4.78 is 19.4. The predicted molar refractivity (Wildman–Crippen MR) is 91.9 cm³/mol. The second-order valence-corrected chi connectivity index (χ2v) is 6.56. The van der Waals surface area contributed by atoms with E-state index in [1.54, 1.807) is 0 Å². The lowest BCUT2D eigenvalue weighted by atomic mass is 10.1. The third-order valence-corrected chi connectivity index (χ3v) is 4.60. The smallest absolute Gasteiger partial charge is 0.165 e. The molecule has 7 heteroatoms. The number of aromatic nitrogens is 3. The number of para-hydroxylation sites is 1. The third-order valence-electron chi connectivity index (χ3n) is 4.60. The first-order valence-corrected chi connectivity index (χ1v) is 8.78. The van der Waals surface area contributed by atoms with Gasteiger partial charge >= 0.3 is 0 Å². The van der Waals surface area contributed by atoms with E-state index in [1.165, 1.54) is 5.56 Å². The fourth-order valence-electron chi connectivity index (χ4n) is 3.46. The van der Waals surface area contributed by atoms with E-state index < -0.39 is 0 Å². The Morgan fingerprint density at radius 1 is 1.16 bits per heavy atom. The zero-order valence-electron chi connectivity index (χ0n) is 14.8. The summed E-state index contributed by atoms with van der Waals surface area (Å²) in [4.78, 5) is 6.77. The molecule has 25 heavy (non-hydrogen) atoms. The number of benzene rings is 1. The van der Waals surface area contributed by atoms with Crippen molar-refractivity contribution in [3.05, 3.63) is 35.4 Å². The number of ether oxygens (including phenoxy) is 3. The summed E-state index contributed by atoms with van der Waals surface area (Å²) in [5, 5.41) is 4.44. The van der Waals surface area contributed by atoms with Gasteiger partial charge in [0.1, 0.15) is 24.9 Å². The Hall–Kier alpha value is -2.12. The number of hydrogen-bond acceptors (Lipinski definition) is 6. The average molecular weight is 344 g/mol. The molecule has 0 spiro atoms. The molecule has 2 aromatic rings. The average Bonchev–Trinajstić information content (AvgIpc) is 2.93. The van der Waals surface area contributed by atoms with Gasteiger partial charge in [-0.25, -0.2) is 9.67 Å². The van der Waals surface area contributed by atoms with E-state index in [4.69, 9.17) is 14.2 Å². The number of aryl methyl sites for hydroxylation is 2. The Morgan fingerprint density at radius 3 is 2.88 bits per heavy atom. The highest BCUT2D eigenvalue weighted by molar-refractivity contribution is 5.47. The highest BCUT2D eigenvalue weighted by Gasteiger charge is 2.24. The van der Waals surface area contributed by atoms with Crippen LogP contribution < -0.4 is 9.47 Å². The Kier molecular flexibility index (Phi) is 4.59. The zero-order chi connectivity index (χ0) is 17.2. The van der Waals surface area contributed by atoms with Crippen LogP contribution in [0.2, 0.25) is 0 Å². The predicted octanol–water partition coefficient (Wildman–Crippen LogP) is 1.57. The molecule has 0 bridgehead atoms. The van der Waals surface area contributed by atoms with E-state index in [0.717, 1.165) is 55.9 Å². The first-order chi connectivity index (χ1) is 12.2. The van der Waals surface area contributed by atoms with E-state index in [0.29, 0.717) is 13.2 Å². The summed E-state index contributed by atoms with van der Waals surface area (Å²) in [6, 6.07) is 6.11. The standard InChI is InChI=1S/C18H24N4O3/c1-13-19-14(2)22(20-13)12-16-11-21(6-7-23-16)10-15-4-3-5-17-18(15)25-9-8-24-17/h3-5,16H,6-12H2,1-2H3/t16-/m1/s1. The third kappa shape index (κ3) is 3.62. The summed E-state index contributed by atoms with van der Waals surface area (Å²) in [5.41, 5.74) is 1.17. The van der Waals surface area contributed by atoms with E-state index in [2.05, 4.69) is 21.0 Å². The Bertz CT molecular complexity index is 746. The van der Waals surface area contributed by atoms with E-state index in [1.807, 2.05) is 30.7 Å². The van der Waals surface area contributed by atoms with Crippen LogP contribution in [0, 0.1) is 13.8 Å². The molecule has 0 radical (unpaired) electrons. The van der Waals surface area contributed by atoms with Crippen molar-refractivity contribution < 1.29 is 14.2 Å². The first kappa shape index (κ1) is 16.4. The second-order valence-electron chi connectivity index (χ2n) is 6.56. The highest BCUT2D eigenvalue weighted by atomic mass is 16.6. The molecule has 4 rings (SSSR count). The highest BCUT2D eigenvalue weighted by Crippen LogP contribution is 2.34. The number of morpholine rings is 1. The molecule has 0 unspecified atom stereocenters. The topological polar surface area (TPSA) is 61.6 Å². The van der Waals surface area contributed by atoms with Crippen molar-refractivity contribution in [1.82, 2.24) is 19.7 Å². The fraction of sp³-hybridized carbons (Fsp3) is 0.556. The van der Waals surface area contributed by atoms with Gasteiger partial charge in [0, 0.05) is 25.2 Å². The van der Waals surface area contributed by atoms with Crippen LogP contribution in [-0.2, 0) is 17.8 Å². The molecule has 0 N–H and O–H groups in total. The summed E-state index contributed by atoms with van der Waals surface area (Å²) >= 11 is 0. The van der Waals surface area contributed by atoms with Gasteiger partial charge in [-0.15, -0.1) is 0 Å². The normalized spacial score (nSPS) is 20.6. The molecule has 0 aliphatic carbocycles. The zero-order valence-corrected chi connectivity index (χ0v) is 14.8. The van der Waals surface area contributed by atoms with Crippen LogP contribution in [0.4, 0.5) is 0 Å². The van der Waals surface area contributed by atoms with Crippen molar-refractivity contribution >= 4 is 0 Å². The van der Waals surface area contributed by atoms with Gasteiger partial charge in [-0.05, 0) is 19.9 Å². The van der Waals surface area contributed by atoms with Crippen LogP contribution in [0.25, 0.3) is 0 Å². The van der Waals surface area contributed by atoms with Gasteiger partial charge in [0.25, 0.3) is 0 Å². The molecule has 0 amide bonds. The van der Waals surface area contributed by atoms with E-state index >= 15 is 0 Å².